The average molecular weight is 289 g/mol. The van der Waals surface area contributed by atoms with Gasteiger partial charge < -0.3 is 5.32 Å². The largest absolute Gasteiger partial charge is 0.325 e. The molecule has 0 aliphatic heterocycles. The van der Waals surface area contributed by atoms with Crippen LogP contribution in [0.3, 0.4) is 0 Å². The standard InChI is InChI=1S/C10H14BrFN4/c1-6(2)14-10(16-13)15-7-3-4-9(12)8(11)5-7/h3-6H,13H2,1-2H3,(H2,14,15,16). The van der Waals surface area contributed by atoms with Gasteiger partial charge in [0.15, 0.2) is 0 Å². The number of guanidine groups is 1. The van der Waals surface area contributed by atoms with Crippen molar-refractivity contribution >= 4 is 27.6 Å². The lowest BCUT2D eigenvalue weighted by Crippen LogP contribution is -2.36. The summed E-state index contributed by atoms with van der Waals surface area (Å²) in [4.78, 5) is 4.20. The third-order valence-electron chi connectivity index (χ3n) is 1.71. The number of hydrogen-bond donors (Lipinski definition) is 3. The van der Waals surface area contributed by atoms with Gasteiger partial charge in [-0.3, -0.25) is 5.43 Å². The molecule has 88 valence electrons. The number of rotatable bonds is 2. The van der Waals surface area contributed by atoms with E-state index in [0.29, 0.717) is 16.1 Å². The normalized spacial score (nSPS) is 11.8. The molecule has 0 aliphatic carbocycles. The summed E-state index contributed by atoms with van der Waals surface area (Å²) in [6, 6.07) is 4.69. The lowest BCUT2D eigenvalue weighted by molar-refractivity contribution is 0.621. The molecule has 0 radical (unpaired) electrons. The molecule has 0 aliphatic rings. The highest BCUT2D eigenvalue weighted by molar-refractivity contribution is 9.10. The molecule has 1 aromatic carbocycles. The van der Waals surface area contributed by atoms with Gasteiger partial charge in [-0.25, -0.2) is 15.2 Å². The highest BCUT2D eigenvalue weighted by Crippen LogP contribution is 2.19. The first-order valence-corrected chi connectivity index (χ1v) is 5.58. The second-order valence-corrected chi connectivity index (χ2v) is 4.32. The van der Waals surface area contributed by atoms with Crippen LogP contribution in [0.15, 0.2) is 27.7 Å². The number of anilines is 1. The molecule has 4 N–H and O–H groups in total. The van der Waals surface area contributed by atoms with E-state index in [9.17, 15) is 4.39 Å². The van der Waals surface area contributed by atoms with Crippen molar-refractivity contribution in [2.45, 2.75) is 19.9 Å². The maximum atomic E-state index is 13.0. The lowest BCUT2D eigenvalue weighted by atomic mass is 10.3. The Morgan fingerprint density at radius 3 is 2.69 bits per heavy atom. The molecule has 0 saturated carbocycles. The van der Waals surface area contributed by atoms with E-state index < -0.39 is 0 Å². The third-order valence-corrected chi connectivity index (χ3v) is 2.31. The monoisotopic (exact) mass is 288 g/mol. The molecule has 16 heavy (non-hydrogen) atoms. The zero-order valence-electron chi connectivity index (χ0n) is 9.09. The number of hydrogen-bond acceptors (Lipinski definition) is 2. The van der Waals surface area contributed by atoms with E-state index in [1.807, 2.05) is 13.8 Å². The second-order valence-electron chi connectivity index (χ2n) is 3.47. The van der Waals surface area contributed by atoms with Gasteiger partial charge in [-0.15, -0.1) is 0 Å². The Bertz CT molecular complexity index is 392. The molecule has 0 aromatic heterocycles. The van der Waals surface area contributed by atoms with Gasteiger partial charge in [-0.2, -0.15) is 0 Å². The summed E-state index contributed by atoms with van der Waals surface area (Å²) in [5.74, 6) is 5.43. The minimum atomic E-state index is -0.311. The first kappa shape index (κ1) is 12.9. The van der Waals surface area contributed by atoms with Gasteiger partial charge in [0.1, 0.15) is 5.82 Å². The molecule has 0 bridgehead atoms. The van der Waals surface area contributed by atoms with Crippen LogP contribution in [0.5, 0.6) is 0 Å². The van der Waals surface area contributed by atoms with Gasteiger partial charge >= 0.3 is 0 Å². The zero-order valence-corrected chi connectivity index (χ0v) is 10.7. The van der Waals surface area contributed by atoms with Gasteiger partial charge in [0.05, 0.1) is 4.47 Å². The fourth-order valence-corrected chi connectivity index (χ4v) is 1.45. The van der Waals surface area contributed by atoms with Crippen molar-refractivity contribution in [1.82, 2.24) is 5.43 Å². The van der Waals surface area contributed by atoms with Crippen LogP contribution in [-0.4, -0.2) is 12.0 Å². The van der Waals surface area contributed by atoms with E-state index >= 15 is 0 Å². The SMILES string of the molecule is CC(C)N=C(NN)Nc1ccc(F)c(Br)c1. The maximum absolute atomic E-state index is 13.0. The number of nitrogens with two attached hydrogens (primary N) is 1. The molecule has 6 heteroatoms. The molecule has 0 unspecified atom stereocenters. The molecule has 4 nitrogen and oxygen atoms in total. The topological polar surface area (TPSA) is 62.4 Å². The minimum absolute atomic E-state index is 0.113. The highest BCUT2D eigenvalue weighted by Gasteiger charge is 2.03. The summed E-state index contributed by atoms with van der Waals surface area (Å²) in [6.07, 6.45) is 0. The Kier molecular flexibility index (Phi) is 4.70. The third kappa shape index (κ3) is 3.79. The van der Waals surface area contributed by atoms with Gasteiger partial charge in [0.2, 0.25) is 5.96 Å². The van der Waals surface area contributed by atoms with Gasteiger partial charge in [0, 0.05) is 11.7 Å². The second kappa shape index (κ2) is 5.81. The van der Waals surface area contributed by atoms with E-state index in [-0.39, 0.29) is 11.9 Å². The molecule has 0 saturated heterocycles. The van der Waals surface area contributed by atoms with Crippen molar-refractivity contribution in [3.63, 3.8) is 0 Å². The first-order chi connectivity index (χ1) is 7.52. The summed E-state index contributed by atoms with van der Waals surface area (Å²) in [7, 11) is 0. The van der Waals surface area contributed by atoms with Crippen LogP contribution in [0.25, 0.3) is 0 Å². The fourth-order valence-electron chi connectivity index (χ4n) is 1.07. The van der Waals surface area contributed by atoms with Crippen molar-refractivity contribution in [2.24, 2.45) is 10.8 Å². The summed E-state index contributed by atoms with van der Waals surface area (Å²) in [5.41, 5.74) is 3.15. The molecule has 0 heterocycles. The Labute approximate surface area is 102 Å². The van der Waals surface area contributed by atoms with Crippen LogP contribution in [0.2, 0.25) is 0 Å². The Morgan fingerprint density at radius 1 is 1.50 bits per heavy atom. The average Bonchev–Trinajstić information content (AvgIpc) is 2.22. The van der Waals surface area contributed by atoms with Crippen LogP contribution < -0.4 is 16.6 Å². The van der Waals surface area contributed by atoms with Crippen molar-refractivity contribution in [3.8, 4) is 0 Å². The van der Waals surface area contributed by atoms with Crippen LogP contribution >= 0.6 is 15.9 Å². The fraction of sp³-hybridized carbons (Fsp3) is 0.300. The number of halogens is 2. The predicted molar refractivity (Wildman–Crippen MR) is 67.6 cm³/mol. The Balaban J connectivity index is 2.82. The predicted octanol–water partition coefficient (Wildman–Crippen LogP) is 2.23. The van der Waals surface area contributed by atoms with E-state index in [1.165, 1.54) is 6.07 Å². The van der Waals surface area contributed by atoms with E-state index in [1.54, 1.807) is 12.1 Å². The smallest absolute Gasteiger partial charge is 0.210 e. The van der Waals surface area contributed by atoms with Crippen molar-refractivity contribution in [1.29, 1.82) is 0 Å². The first-order valence-electron chi connectivity index (χ1n) is 4.79. The van der Waals surface area contributed by atoms with Crippen LogP contribution in [0.4, 0.5) is 10.1 Å². The molecular formula is C10H14BrFN4. The summed E-state index contributed by atoms with van der Waals surface area (Å²) in [5, 5.41) is 2.95. The molecule has 1 aromatic rings. The van der Waals surface area contributed by atoms with Gasteiger partial charge in [-0.05, 0) is 48.0 Å². The number of benzene rings is 1. The van der Waals surface area contributed by atoms with Gasteiger partial charge in [-0.1, -0.05) is 0 Å². The maximum Gasteiger partial charge on any atom is 0.210 e. The van der Waals surface area contributed by atoms with Crippen molar-refractivity contribution in [2.75, 3.05) is 5.32 Å². The molecule has 0 fully saturated rings. The molecule has 0 atom stereocenters. The number of nitrogens with zero attached hydrogens (tertiary/aromatic N) is 1. The van der Waals surface area contributed by atoms with Crippen LogP contribution in [-0.2, 0) is 0 Å². The molecule has 1 rings (SSSR count). The molecular weight excluding hydrogens is 275 g/mol. The molecule has 0 amide bonds. The van der Waals surface area contributed by atoms with E-state index in [2.05, 4.69) is 31.7 Å². The summed E-state index contributed by atoms with van der Waals surface area (Å²) < 4.78 is 13.4. The quantitative estimate of drug-likeness (QED) is 0.338. The number of nitrogens with one attached hydrogen (secondary N) is 2. The summed E-state index contributed by atoms with van der Waals surface area (Å²) in [6.45, 7) is 3.86. The van der Waals surface area contributed by atoms with Crippen molar-refractivity contribution in [3.05, 3.63) is 28.5 Å². The Hall–Kier alpha value is -1.14. The highest BCUT2D eigenvalue weighted by atomic mass is 79.9. The van der Waals surface area contributed by atoms with E-state index in [4.69, 9.17) is 5.84 Å². The number of aliphatic imine (C=N–C) groups is 1. The minimum Gasteiger partial charge on any atom is -0.325 e. The van der Waals surface area contributed by atoms with Crippen LogP contribution in [0.1, 0.15) is 13.8 Å². The lowest BCUT2D eigenvalue weighted by Gasteiger charge is -2.10. The Morgan fingerprint density at radius 2 is 2.19 bits per heavy atom. The summed E-state index contributed by atoms with van der Waals surface area (Å²) >= 11 is 3.10. The van der Waals surface area contributed by atoms with E-state index in [0.717, 1.165) is 0 Å². The molecule has 0 spiro atoms. The van der Waals surface area contributed by atoms with Crippen molar-refractivity contribution < 1.29 is 4.39 Å². The van der Waals surface area contributed by atoms with Gasteiger partial charge in [0.25, 0.3) is 0 Å². The van der Waals surface area contributed by atoms with Crippen LogP contribution in [0, 0.1) is 5.82 Å². The zero-order chi connectivity index (χ0) is 12.1. The number of hydrazine groups is 1.